The van der Waals surface area contributed by atoms with E-state index in [-0.39, 0.29) is 12.5 Å². The minimum Gasteiger partial charge on any atom is -0.339 e. The monoisotopic (exact) mass is 490 g/mol. The molecule has 180 valence electrons. The normalized spacial score (nSPS) is 21.0. The Morgan fingerprint density at radius 2 is 1.69 bits per heavy atom. The van der Waals surface area contributed by atoms with Crippen molar-refractivity contribution in [1.29, 1.82) is 0 Å². The van der Waals surface area contributed by atoms with Gasteiger partial charge in [-0.25, -0.2) is 4.79 Å². The number of carbonyl (C=O) groups excluding carboxylic acids is 3. The zero-order valence-electron chi connectivity index (χ0n) is 19.5. The van der Waals surface area contributed by atoms with E-state index in [9.17, 15) is 14.4 Å². The largest absolute Gasteiger partial charge is 0.339 e. The molecule has 0 unspecified atom stereocenters. The number of nitrogens with zero attached hydrogens (tertiary/aromatic N) is 3. The summed E-state index contributed by atoms with van der Waals surface area (Å²) >= 11 is 6.08. The Kier molecular flexibility index (Phi) is 6.21. The number of fused-ring (bicyclic) bond motifs is 1. The number of nitrogens with one attached hydrogen (secondary N) is 1. The third kappa shape index (κ3) is 4.61. The van der Waals surface area contributed by atoms with Gasteiger partial charge < -0.3 is 10.2 Å². The lowest BCUT2D eigenvalue weighted by molar-refractivity contribution is -0.139. The van der Waals surface area contributed by atoms with Gasteiger partial charge in [-0.05, 0) is 47.0 Å². The van der Waals surface area contributed by atoms with Crippen LogP contribution >= 0.6 is 11.6 Å². The van der Waals surface area contributed by atoms with Crippen molar-refractivity contribution in [3.63, 3.8) is 0 Å². The van der Waals surface area contributed by atoms with E-state index in [0.29, 0.717) is 36.8 Å². The third-order valence-corrected chi connectivity index (χ3v) is 7.15. The van der Waals surface area contributed by atoms with Crippen LogP contribution in [0.15, 0.2) is 66.7 Å². The van der Waals surface area contributed by atoms with Crippen LogP contribution in [0.25, 0.3) is 10.8 Å². The highest BCUT2D eigenvalue weighted by atomic mass is 35.5. The molecule has 0 aliphatic carbocycles. The maximum atomic E-state index is 13.3. The summed E-state index contributed by atoms with van der Waals surface area (Å²) in [5.74, 6) is -0.635. The predicted molar refractivity (Wildman–Crippen MR) is 135 cm³/mol. The second-order valence-electron chi connectivity index (χ2n) is 9.30. The molecular formula is C27H27ClN4O3. The van der Waals surface area contributed by atoms with Crippen LogP contribution in [0.3, 0.4) is 0 Å². The lowest BCUT2D eigenvalue weighted by Crippen LogP contribution is -2.51. The first-order valence-corrected chi connectivity index (χ1v) is 12.1. The van der Waals surface area contributed by atoms with E-state index in [1.165, 1.54) is 0 Å². The highest BCUT2D eigenvalue weighted by Crippen LogP contribution is 2.31. The van der Waals surface area contributed by atoms with E-state index in [4.69, 9.17) is 11.6 Å². The molecule has 2 fully saturated rings. The van der Waals surface area contributed by atoms with Crippen molar-refractivity contribution in [2.45, 2.75) is 19.0 Å². The van der Waals surface area contributed by atoms with Crippen LogP contribution in [0.4, 0.5) is 4.79 Å². The standard InChI is InChI=1S/C27H27ClN4O3/c1-27(22-10-9-20-6-2-3-7-21(20)16-22)25(34)32(26(35)29-27)18-24(33)31-13-11-30(12-14-31)17-19-5-4-8-23(28)15-19/h2-10,15-16H,11-14,17-18H2,1H3,(H,29,35)/t27-/m0/s1. The molecule has 2 aliphatic rings. The van der Waals surface area contributed by atoms with E-state index >= 15 is 0 Å². The van der Waals surface area contributed by atoms with Crippen molar-refractivity contribution in [3.8, 4) is 0 Å². The van der Waals surface area contributed by atoms with Gasteiger partial charge in [0.1, 0.15) is 12.1 Å². The zero-order chi connectivity index (χ0) is 24.6. The molecule has 35 heavy (non-hydrogen) atoms. The van der Waals surface area contributed by atoms with Crippen molar-refractivity contribution in [2.24, 2.45) is 0 Å². The van der Waals surface area contributed by atoms with Gasteiger partial charge in [-0.1, -0.05) is 60.1 Å². The molecule has 0 spiro atoms. The smallest absolute Gasteiger partial charge is 0.325 e. The molecule has 1 atom stereocenters. The maximum absolute atomic E-state index is 13.3. The van der Waals surface area contributed by atoms with Crippen molar-refractivity contribution in [2.75, 3.05) is 32.7 Å². The molecule has 7 nitrogen and oxygen atoms in total. The summed E-state index contributed by atoms with van der Waals surface area (Å²) in [7, 11) is 0. The van der Waals surface area contributed by atoms with Crippen molar-refractivity contribution < 1.29 is 14.4 Å². The minimum atomic E-state index is -1.21. The topological polar surface area (TPSA) is 73.0 Å². The Bertz CT molecular complexity index is 1300. The molecule has 1 N–H and O–H groups in total. The zero-order valence-corrected chi connectivity index (χ0v) is 20.3. The van der Waals surface area contributed by atoms with Crippen molar-refractivity contribution >= 4 is 40.2 Å². The fraction of sp³-hybridized carbons (Fsp3) is 0.296. The molecule has 0 saturated carbocycles. The highest BCUT2D eigenvalue weighted by molar-refractivity contribution is 6.30. The summed E-state index contributed by atoms with van der Waals surface area (Å²) < 4.78 is 0. The Morgan fingerprint density at radius 3 is 2.43 bits per heavy atom. The number of piperazine rings is 1. The molecule has 4 amide bonds. The summed E-state index contributed by atoms with van der Waals surface area (Å²) in [6, 6.07) is 20.8. The Hall–Kier alpha value is -3.42. The van der Waals surface area contributed by atoms with Crippen LogP contribution in [-0.4, -0.2) is 65.3 Å². The molecule has 0 aromatic heterocycles. The lowest BCUT2D eigenvalue weighted by Gasteiger charge is -2.35. The number of benzene rings is 3. The molecule has 3 aromatic carbocycles. The SMILES string of the molecule is C[C@@]1(c2ccc3ccccc3c2)NC(=O)N(CC(=O)N2CCN(Cc3cccc(Cl)c3)CC2)C1=O. The van der Waals surface area contributed by atoms with Gasteiger partial charge in [-0.15, -0.1) is 0 Å². The number of urea groups is 1. The Balaban J connectivity index is 1.22. The number of hydrogen-bond acceptors (Lipinski definition) is 4. The molecule has 3 aromatic rings. The first-order chi connectivity index (χ1) is 16.8. The van der Waals surface area contributed by atoms with Crippen LogP contribution in [0, 0.1) is 0 Å². The third-order valence-electron chi connectivity index (χ3n) is 6.92. The van der Waals surface area contributed by atoms with Gasteiger partial charge in [0.25, 0.3) is 5.91 Å². The fourth-order valence-electron chi connectivity index (χ4n) is 4.82. The summed E-state index contributed by atoms with van der Waals surface area (Å²) in [5, 5.41) is 5.55. The van der Waals surface area contributed by atoms with Gasteiger partial charge in [0.15, 0.2) is 0 Å². The van der Waals surface area contributed by atoms with Gasteiger partial charge in [0.05, 0.1) is 0 Å². The van der Waals surface area contributed by atoms with Crippen LogP contribution in [0.2, 0.25) is 5.02 Å². The van der Waals surface area contributed by atoms with E-state index < -0.39 is 17.5 Å². The van der Waals surface area contributed by atoms with Crippen molar-refractivity contribution in [1.82, 2.24) is 20.0 Å². The minimum absolute atomic E-state index is 0.223. The fourth-order valence-corrected chi connectivity index (χ4v) is 5.03. The van der Waals surface area contributed by atoms with Gasteiger partial charge >= 0.3 is 6.03 Å². The van der Waals surface area contributed by atoms with Gasteiger partial charge in [0, 0.05) is 37.7 Å². The number of imide groups is 1. The van der Waals surface area contributed by atoms with E-state index in [2.05, 4.69) is 10.2 Å². The summed E-state index contributed by atoms with van der Waals surface area (Å²) in [5.41, 5.74) is 0.612. The maximum Gasteiger partial charge on any atom is 0.325 e. The highest BCUT2D eigenvalue weighted by Gasteiger charge is 2.49. The number of halogens is 1. The van der Waals surface area contributed by atoms with Crippen LogP contribution < -0.4 is 5.32 Å². The van der Waals surface area contributed by atoms with Crippen molar-refractivity contribution in [3.05, 3.63) is 82.9 Å². The second kappa shape index (κ2) is 9.32. The predicted octanol–water partition coefficient (Wildman–Crippen LogP) is 3.60. The number of rotatable bonds is 5. The van der Waals surface area contributed by atoms with Crippen LogP contribution in [0.1, 0.15) is 18.1 Å². The van der Waals surface area contributed by atoms with E-state index in [1.54, 1.807) is 11.8 Å². The number of amides is 4. The molecule has 8 heteroatoms. The van der Waals surface area contributed by atoms with Crippen LogP contribution in [-0.2, 0) is 21.7 Å². The Morgan fingerprint density at radius 1 is 0.943 bits per heavy atom. The Labute approximate surface area is 209 Å². The molecule has 2 aliphatic heterocycles. The molecule has 2 saturated heterocycles. The van der Waals surface area contributed by atoms with Gasteiger partial charge in [0.2, 0.25) is 5.91 Å². The average Bonchev–Trinajstić information content (AvgIpc) is 3.08. The lowest BCUT2D eigenvalue weighted by atomic mass is 9.90. The van der Waals surface area contributed by atoms with Gasteiger partial charge in [-0.2, -0.15) is 0 Å². The summed E-state index contributed by atoms with van der Waals surface area (Å²) in [6.45, 7) is 4.72. The molecular weight excluding hydrogens is 464 g/mol. The summed E-state index contributed by atoms with van der Waals surface area (Å²) in [6.07, 6.45) is 0. The first-order valence-electron chi connectivity index (χ1n) is 11.7. The molecule has 0 radical (unpaired) electrons. The summed E-state index contributed by atoms with van der Waals surface area (Å²) in [4.78, 5) is 44.1. The average molecular weight is 491 g/mol. The quantitative estimate of drug-likeness (QED) is 0.555. The van der Waals surface area contributed by atoms with E-state index in [0.717, 1.165) is 27.8 Å². The van der Waals surface area contributed by atoms with Gasteiger partial charge in [-0.3, -0.25) is 19.4 Å². The molecule has 2 heterocycles. The number of hydrogen-bond donors (Lipinski definition) is 1. The van der Waals surface area contributed by atoms with E-state index in [1.807, 2.05) is 66.7 Å². The second-order valence-corrected chi connectivity index (χ2v) is 9.73. The number of carbonyl (C=O) groups is 3. The molecule has 5 rings (SSSR count). The van der Waals surface area contributed by atoms with Crippen LogP contribution in [0.5, 0.6) is 0 Å². The molecule has 0 bridgehead atoms. The first kappa shape index (κ1) is 23.3.